The molecule has 190 valence electrons. The molecule has 17 heteroatoms. The Morgan fingerprint density at radius 2 is 1.09 bits per heavy atom. The number of carbonyl (C=O) groups excluding carboxylic acids is 6. The minimum absolute atomic E-state index is 0.440. The van der Waals surface area contributed by atoms with Crippen LogP contribution in [0.5, 0.6) is 0 Å². The fraction of sp³-hybridized carbons (Fsp3) is 0.529. The van der Waals surface area contributed by atoms with Crippen molar-refractivity contribution in [2.24, 2.45) is 22.9 Å². The van der Waals surface area contributed by atoms with Crippen LogP contribution in [0.15, 0.2) is 0 Å². The quantitative estimate of drug-likeness (QED) is 0.0983. The van der Waals surface area contributed by atoms with Crippen molar-refractivity contribution < 1.29 is 48.6 Å². The summed E-state index contributed by atoms with van der Waals surface area (Å²) in [5.41, 5.74) is 20.5. The molecule has 0 bridgehead atoms. The Balaban J connectivity index is 5.63. The number of primary amides is 3. The molecule has 0 aliphatic carbocycles. The van der Waals surface area contributed by atoms with Gasteiger partial charge < -0.3 is 49.1 Å². The van der Waals surface area contributed by atoms with Crippen LogP contribution in [0, 0.1) is 0 Å². The summed E-state index contributed by atoms with van der Waals surface area (Å²) < 4.78 is 0. The summed E-state index contributed by atoms with van der Waals surface area (Å²) >= 11 is 0. The standard InChI is InChI=1S/C17H27N7O10/c18-6(3-11(20)26)14(30)23-8(4-12(21)27)16(32)22-7(1-2-10(19)25)15(31)24-9(17(33)34)5-13(28)29/h6-9H,1-5,18H2,(H2,19,25)(H2,20,26)(H2,21,27)(H,22,32)(H,23,30)(H,24,31)(H,28,29)(H,33,34). The van der Waals surface area contributed by atoms with Crippen molar-refractivity contribution in [3.05, 3.63) is 0 Å². The van der Waals surface area contributed by atoms with E-state index >= 15 is 0 Å². The third kappa shape index (κ3) is 11.9. The number of rotatable bonds is 16. The zero-order valence-electron chi connectivity index (χ0n) is 17.8. The number of hydrogen-bond acceptors (Lipinski definition) is 9. The molecular formula is C17H27N7O10. The van der Waals surface area contributed by atoms with Gasteiger partial charge in [-0.05, 0) is 6.42 Å². The Labute approximate surface area is 191 Å². The van der Waals surface area contributed by atoms with Gasteiger partial charge in [-0.1, -0.05) is 0 Å². The average molecular weight is 489 g/mol. The molecule has 0 fully saturated rings. The van der Waals surface area contributed by atoms with Crippen LogP contribution in [0.25, 0.3) is 0 Å². The molecule has 0 heterocycles. The monoisotopic (exact) mass is 489 g/mol. The molecule has 13 N–H and O–H groups in total. The highest BCUT2D eigenvalue weighted by molar-refractivity contribution is 5.97. The molecule has 34 heavy (non-hydrogen) atoms. The highest BCUT2D eigenvalue weighted by Gasteiger charge is 2.32. The number of nitrogens with one attached hydrogen (secondary N) is 3. The van der Waals surface area contributed by atoms with Gasteiger partial charge in [-0.15, -0.1) is 0 Å². The fourth-order valence-corrected chi connectivity index (χ4v) is 2.47. The maximum Gasteiger partial charge on any atom is 0.326 e. The third-order valence-corrected chi connectivity index (χ3v) is 4.10. The van der Waals surface area contributed by atoms with E-state index in [9.17, 15) is 38.4 Å². The molecular weight excluding hydrogens is 462 g/mol. The first-order valence-electron chi connectivity index (χ1n) is 9.60. The molecule has 0 rings (SSSR count). The second-order valence-electron chi connectivity index (χ2n) is 7.07. The van der Waals surface area contributed by atoms with E-state index < -0.39 is 104 Å². The topological polar surface area (TPSA) is 317 Å². The SMILES string of the molecule is NC(=O)CCC(NC(=O)C(CC(N)=O)NC(=O)C(N)CC(N)=O)C(=O)NC(CC(=O)O)C(=O)O. The molecule has 0 aliphatic heterocycles. The average Bonchev–Trinajstić information content (AvgIpc) is 2.68. The van der Waals surface area contributed by atoms with Gasteiger partial charge in [0.05, 0.1) is 25.3 Å². The van der Waals surface area contributed by atoms with Crippen molar-refractivity contribution in [3.63, 3.8) is 0 Å². The molecule has 0 saturated heterocycles. The Morgan fingerprint density at radius 1 is 0.618 bits per heavy atom. The van der Waals surface area contributed by atoms with Crippen LogP contribution in [0.1, 0.15) is 32.1 Å². The van der Waals surface area contributed by atoms with Gasteiger partial charge in [0.15, 0.2) is 0 Å². The maximum absolute atomic E-state index is 12.6. The summed E-state index contributed by atoms with van der Waals surface area (Å²) in [5, 5.41) is 23.9. The number of nitrogens with two attached hydrogens (primary N) is 4. The fourth-order valence-electron chi connectivity index (χ4n) is 2.47. The molecule has 6 amide bonds. The minimum atomic E-state index is -1.87. The van der Waals surface area contributed by atoms with E-state index in [2.05, 4.69) is 10.6 Å². The third-order valence-electron chi connectivity index (χ3n) is 4.10. The molecule has 0 radical (unpaired) electrons. The lowest BCUT2D eigenvalue weighted by molar-refractivity contribution is -0.147. The molecule has 0 aliphatic rings. The van der Waals surface area contributed by atoms with Crippen LogP contribution in [0.3, 0.4) is 0 Å². The first-order valence-corrected chi connectivity index (χ1v) is 9.60. The van der Waals surface area contributed by atoms with E-state index in [4.69, 9.17) is 33.1 Å². The lowest BCUT2D eigenvalue weighted by atomic mass is 10.1. The first-order chi connectivity index (χ1) is 15.6. The van der Waals surface area contributed by atoms with Crippen LogP contribution in [0.2, 0.25) is 0 Å². The maximum atomic E-state index is 12.6. The highest BCUT2D eigenvalue weighted by atomic mass is 16.4. The summed E-state index contributed by atoms with van der Waals surface area (Å²) in [4.78, 5) is 92.6. The van der Waals surface area contributed by atoms with Gasteiger partial charge in [0, 0.05) is 6.42 Å². The molecule has 0 aromatic rings. The Hall–Kier alpha value is -4.28. The Kier molecular flexibility index (Phi) is 12.2. The van der Waals surface area contributed by atoms with Gasteiger partial charge in [0.25, 0.3) is 0 Å². The number of hydrogen-bond donors (Lipinski definition) is 9. The first kappa shape index (κ1) is 29.7. The van der Waals surface area contributed by atoms with E-state index in [-0.39, 0.29) is 0 Å². The number of carboxylic acid groups (broad SMARTS) is 2. The van der Waals surface area contributed by atoms with Crippen molar-refractivity contribution >= 4 is 47.4 Å². The largest absolute Gasteiger partial charge is 0.481 e. The number of aliphatic carboxylic acids is 2. The van der Waals surface area contributed by atoms with E-state index in [1.54, 1.807) is 0 Å². The zero-order valence-corrected chi connectivity index (χ0v) is 17.8. The number of carboxylic acids is 2. The summed E-state index contributed by atoms with van der Waals surface area (Å²) in [6.45, 7) is 0. The predicted molar refractivity (Wildman–Crippen MR) is 110 cm³/mol. The minimum Gasteiger partial charge on any atom is -0.481 e. The second kappa shape index (κ2) is 14.0. The van der Waals surface area contributed by atoms with Gasteiger partial charge >= 0.3 is 11.9 Å². The summed E-state index contributed by atoms with van der Waals surface area (Å²) in [6, 6.07) is -6.64. The van der Waals surface area contributed by atoms with Crippen molar-refractivity contribution in [1.82, 2.24) is 16.0 Å². The summed E-state index contributed by atoms with van der Waals surface area (Å²) in [6.07, 6.45) is -3.23. The predicted octanol–water partition coefficient (Wildman–Crippen LogP) is -5.66. The molecule has 0 saturated carbocycles. The highest BCUT2D eigenvalue weighted by Crippen LogP contribution is 2.03. The van der Waals surface area contributed by atoms with Crippen LogP contribution >= 0.6 is 0 Å². The van der Waals surface area contributed by atoms with Gasteiger partial charge in [-0.2, -0.15) is 0 Å². The molecule has 0 aromatic heterocycles. The van der Waals surface area contributed by atoms with Crippen LogP contribution in [-0.2, 0) is 38.4 Å². The normalized spacial score (nSPS) is 13.9. The summed E-state index contributed by atoms with van der Waals surface area (Å²) in [5.74, 6) is -9.46. The van der Waals surface area contributed by atoms with Crippen LogP contribution in [0.4, 0.5) is 0 Å². The van der Waals surface area contributed by atoms with Crippen molar-refractivity contribution in [2.45, 2.75) is 56.3 Å². The zero-order chi connectivity index (χ0) is 26.6. The van der Waals surface area contributed by atoms with Gasteiger partial charge in [0.2, 0.25) is 35.4 Å². The number of amides is 6. The Bertz CT molecular complexity index is 847. The van der Waals surface area contributed by atoms with Crippen molar-refractivity contribution in [3.8, 4) is 0 Å². The second-order valence-corrected chi connectivity index (χ2v) is 7.07. The van der Waals surface area contributed by atoms with Crippen LogP contribution in [-0.4, -0.2) is 81.8 Å². The molecule has 0 aromatic carbocycles. The molecule has 4 atom stereocenters. The number of carbonyl (C=O) groups is 8. The van der Waals surface area contributed by atoms with Crippen molar-refractivity contribution in [1.29, 1.82) is 0 Å². The Morgan fingerprint density at radius 3 is 1.53 bits per heavy atom. The lowest BCUT2D eigenvalue weighted by Crippen LogP contribution is -2.58. The van der Waals surface area contributed by atoms with E-state index in [0.717, 1.165) is 0 Å². The molecule has 0 spiro atoms. The van der Waals surface area contributed by atoms with E-state index in [1.807, 2.05) is 5.32 Å². The van der Waals surface area contributed by atoms with Gasteiger partial charge in [0.1, 0.15) is 18.1 Å². The van der Waals surface area contributed by atoms with Gasteiger partial charge in [-0.3, -0.25) is 33.6 Å². The van der Waals surface area contributed by atoms with Crippen molar-refractivity contribution in [2.75, 3.05) is 0 Å². The molecule has 4 unspecified atom stereocenters. The van der Waals surface area contributed by atoms with E-state index in [1.165, 1.54) is 0 Å². The summed E-state index contributed by atoms with van der Waals surface area (Å²) in [7, 11) is 0. The lowest BCUT2D eigenvalue weighted by Gasteiger charge is -2.24. The van der Waals surface area contributed by atoms with Crippen LogP contribution < -0.4 is 38.9 Å². The van der Waals surface area contributed by atoms with E-state index in [0.29, 0.717) is 0 Å². The molecule has 17 nitrogen and oxygen atoms in total. The van der Waals surface area contributed by atoms with Gasteiger partial charge in [-0.25, -0.2) is 4.79 Å². The smallest absolute Gasteiger partial charge is 0.326 e.